The summed E-state index contributed by atoms with van der Waals surface area (Å²) in [5.41, 5.74) is 2.63. The van der Waals surface area contributed by atoms with Crippen molar-refractivity contribution < 1.29 is 9.53 Å². The Morgan fingerprint density at radius 2 is 2.00 bits per heavy atom. The molecule has 174 valence electrons. The van der Waals surface area contributed by atoms with Crippen LogP contribution in [-0.4, -0.2) is 40.6 Å². The molecular weight excluding hydrogens is 448 g/mol. The van der Waals surface area contributed by atoms with E-state index in [1.54, 1.807) is 23.5 Å². The number of hydrogen-bond acceptors (Lipinski definition) is 6. The molecule has 0 aliphatic carbocycles. The largest absolute Gasteiger partial charge is 0.484 e. The van der Waals surface area contributed by atoms with E-state index in [4.69, 9.17) is 4.74 Å². The van der Waals surface area contributed by atoms with E-state index >= 15 is 0 Å². The van der Waals surface area contributed by atoms with E-state index in [1.807, 2.05) is 37.3 Å². The summed E-state index contributed by atoms with van der Waals surface area (Å²) in [5.74, 6) is 0.300. The molecule has 3 heterocycles. The van der Waals surface area contributed by atoms with Crippen LogP contribution < -0.4 is 15.6 Å². The number of rotatable bonds is 6. The zero-order valence-corrected chi connectivity index (χ0v) is 19.7. The Morgan fingerprint density at radius 3 is 2.82 bits per heavy atom. The normalized spacial score (nSPS) is 16.9. The van der Waals surface area contributed by atoms with Gasteiger partial charge in [-0.3, -0.25) is 14.5 Å². The van der Waals surface area contributed by atoms with E-state index in [2.05, 4.69) is 43.3 Å². The molecule has 0 bridgehead atoms. The van der Waals surface area contributed by atoms with Crippen LogP contribution >= 0.6 is 11.3 Å². The molecule has 2 atom stereocenters. The van der Waals surface area contributed by atoms with Crippen molar-refractivity contribution in [2.45, 2.75) is 25.5 Å². The lowest BCUT2D eigenvalue weighted by atomic mass is 10.0. The average Bonchev–Trinajstić information content (AvgIpc) is 3.33. The van der Waals surface area contributed by atoms with Gasteiger partial charge in [0.05, 0.1) is 17.0 Å². The molecule has 0 radical (unpaired) electrons. The van der Waals surface area contributed by atoms with Gasteiger partial charge < -0.3 is 10.1 Å². The smallest absolute Gasteiger partial charge is 0.272 e. The molecule has 4 aromatic rings. The fraction of sp³-hybridized carbons (Fsp3) is 0.269. The van der Waals surface area contributed by atoms with Gasteiger partial charge in [-0.1, -0.05) is 36.4 Å². The predicted molar refractivity (Wildman–Crippen MR) is 133 cm³/mol. The van der Waals surface area contributed by atoms with E-state index in [0.717, 1.165) is 24.4 Å². The van der Waals surface area contributed by atoms with Crippen LogP contribution in [0.2, 0.25) is 0 Å². The lowest BCUT2D eigenvalue weighted by Gasteiger charge is -2.24. The third-order valence-corrected chi connectivity index (χ3v) is 6.93. The number of nitrogens with one attached hydrogen (secondary N) is 2. The first kappa shape index (κ1) is 22.3. The van der Waals surface area contributed by atoms with Crippen molar-refractivity contribution in [1.29, 1.82) is 0 Å². The van der Waals surface area contributed by atoms with Gasteiger partial charge in [-0.05, 0) is 35.9 Å². The fourth-order valence-corrected chi connectivity index (χ4v) is 5.06. The third kappa shape index (κ3) is 4.60. The van der Waals surface area contributed by atoms with Crippen molar-refractivity contribution in [3.8, 4) is 5.75 Å². The second-order valence-electron chi connectivity index (χ2n) is 8.50. The number of carbonyl (C=O) groups excluding carboxylic acids is 1. The van der Waals surface area contributed by atoms with Crippen molar-refractivity contribution in [2.24, 2.45) is 0 Å². The van der Waals surface area contributed by atoms with E-state index in [1.165, 1.54) is 5.56 Å². The van der Waals surface area contributed by atoms with Crippen LogP contribution in [0.25, 0.3) is 10.8 Å². The highest BCUT2D eigenvalue weighted by Gasteiger charge is 2.25. The monoisotopic (exact) mass is 474 g/mol. The maximum atomic E-state index is 12.9. The first-order valence-electron chi connectivity index (χ1n) is 11.3. The number of para-hydroxylation sites is 1. The molecular formula is C26H26N4O3S. The van der Waals surface area contributed by atoms with E-state index < -0.39 is 5.92 Å². The lowest BCUT2D eigenvalue weighted by Crippen LogP contribution is -2.38. The number of nitrogens with zero attached hydrogens (tertiary/aromatic N) is 2. The van der Waals surface area contributed by atoms with E-state index in [0.29, 0.717) is 29.6 Å². The van der Waals surface area contributed by atoms with Crippen LogP contribution in [0.4, 0.5) is 0 Å². The zero-order chi connectivity index (χ0) is 23.5. The minimum Gasteiger partial charge on any atom is -0.484 e. The number of H-pyrrole nitrogens is 1. The van der Waals surface area contributed by atoms with E-state index in [-0.39, 0.29) is 17.6 Å². The van der Waals surface area contributed by atoms with Gasteiger partial charge in [-0.2, -0.15) is 16.4 Å². The van der Waals surface area contributed by atoms with Crippen LogP contribution in [0.5, 0.6) is 5.75 Å². The zero-order valence-electron chi connectivity index (χ0n) is 18.9. The maximum absolute atomic E-state index is 12.9. The predicted octanol–water partition coefficient (Wildman–Crippen LogP) is 3.84. The number of aromatic nitrogens is 2. The molecule has 0 fully saturated rings. The molecule has 2 aromatic heterocycles. The summed E-state index contributed by atoms with van der Waals surface area (Å²) in [6.07, 6.45) is -0.0544. The van der Waals surface area contributed by atoms with Crippen LogP contribution in [0.1, 0.15) is 35.8 Å². The molecule has 34 heavy (non-hydrogen) atoms. The summed E-state index contributed by atoms with van der Waals surface area (Å²) in [6, 6.07) is 17.5. The molecule has 1 aliphatic rings. The summed E-state index contributed by atoms with van der Waals surface area (Å²) in [4.78, 5) is 27.3. The van der Waals surface area contributed by atoms with Gasteiger partial charge in [0.15, 0.2) is 0 Å². The van der Waals surface area contributed by atoms with Crippen LogP contribution in [0.15, 0.2) is 70.2 Å². The summed E-state index contributed by atoms with van der Waals surface area (Å²) >= 11 is 1.66. The SMILES string of the molecule is C[C@@H](C(=O)NCCN1Cc2ccccc2O[C@H](c2ccsc2)C1)c1n[nH]c(=O)c2ccccc12. The van der Waals surface area contributed by atoms with Crippen molar-refractivity contribution in [2.75, 3.05) is 19.6 Å². The van der Waals surface area contributed by atoms with Gasteiger partial charge in [-0.15, -0.1) is 0 Å². The molecule has 2 aromatic carbocycles. The van der Waals surface area contributed by atoms with Crippen LogP contribution in [0, 0.1) is 0 Å². The van der Waals surface area contributed by atoms with Crippen LogP contribution in [-0.2, 0) is 11.3 Å². The number of benzene rings is 2. The molecule has 2 N–H and O–H groups in total. The molecule has 5 rings (SSSR count). The molecule has 0 spiro atoms. The number of ether oxygens (including phenoxy) is 1. The highest BCUT2D eigenvalue weighted by Crippen LogP contribution is 2.31. The topological polar surface area (TPSA) is 87.3 Å². The Morgan fingerprint density at radius 1 is 1.21 bits per heavy atom. The minimum atomic E-state index is -0.492. The number of amides is 1. The maximum Gasteiger partial charge on any atom is 0.272 e. The number of hydrogen-bond donors (Lipinski definition) is 2. The number of fused-ring (bicyclic) bond motifs is 2. The Labute approximate surface area is 201 Å². The summed E-state index contributed by atoms with van der Waals surface area (Å²) in [5, 5.41) is 15.2. The Hall–Kier alpha value is -3.49. The van der Waals surface area contributed by atoms with Crippen molar-refractivity contribution >= 4 is 28.0 Å². The fourth-order valence-electron chi connectivity index (χ4n) is 4.36. The standard InChI is InChI=1S/C26H26N4O3S/c1-17(24-20-7-3-4-8-21(20)26(32)29-28-24)25(31)27-11-12-30-14-18-6-2-5-9-22(18)33-23(15-30)19-10-13-34-16-19/h2-10,13,16-17,23H,11-12,14-15H2,1H3,(H,27,31)(H,29,32)/t17-,23+/m1/s1. The number of thiophene rings is 1. The van der Waals surface area contributed by atoms with Crippen molar-refractivity contribution in [3.05, 3.63) is 92.5 Å². The molecule has 1 aliphatic heterocycles. The summed E-state index contributed by atoms with van der Waals surface area (Å²) in [6.45, 7) is 4.50. The third-order valence-electron chi connectivity index (χ3n) is 6.23. The van der Waals surface area contributed by atoms with Crippen LogP contribution in [0.3, 0.4) is 0 Å². The Kier molecular flexibility index (Phi) is 6.42. The van der Waals surface area contributed by atoms with Gasteiger partial charge >= 0.3 is 0 Å². The molecule has 1 amide bonds. The van der Waals surface area contributed by atoms with Gasteiger partial charge in [0.1, 0.15) is 11.9 Å². The molecule has 0 unspecified atom stereocenters. The molecule has 0 saturated carbocycles. The molecule has 0 saturated heterocycles. The number of aromatic amines is 1. The van der Waals surface area contributed by atoms with Gasteiger partial charge in [-0.25, -0.2) is 5.10 Å². The molecule has 8 heteroatoms. The summed E-state index contributed by atoms with van der Waals surface area (Å²) in [7, 11) is 0. The van der Waals surface area contributed by atoms with Crippen molar-refractivity contribution in [1.82, 2.24) is 20.4 Å². The Balaban J connectivity index is 1.26. The first-order valence-corrected chi connectivity index (χ1v) is 12.3. The first-order chi connectivity index (χ1) is 16.6. The second-order valence-corrected chi connectivity index (χ2v) is 9.28. The highest BCUT2D eigenvalue weighted by molar-refractivity contribution is 7.07. The quantitative estimate of drug-likeness (QED) is 0.443. The summed E-state index contributed by atoms with van der Waals surface area (Å²) < 4.78 is 6.35. The van der Waals surface area contributed by atoms with Crippen molar-refractivity contribution in [3.63, 3.8) is 0 Å². The molecule has 7 nitrogen and oxygen atoms in total. The lowest BCUT2D eigenvalue weighted by molar-refractivity contribution is -0.122. The minimum absolute atomic E-state index is 0.0544. The second kappa shape index (κ2) is 9.79. The van der Waals surface area contributed by atoms with Gasteiger partial charge in [0.25, 0.3) is 5.56 Å². The van der Waals surface area contributed by atoms with Gasteiger partial charge in [0.2, 0.25) is 5.91 Å². The van der Waals surface area contributed by atoms with E-state index in [9.17, 15) is 9.59 Å². The Bertz CT molecular complexity index is 1350. The highest BCUT2D eigenvalue weighted by atomic mass is 32.1. The van der Waals surface area contributed by atoms with Gasteiger partial charge in [0, 0.05) is 42.7 Å². The average molecular weight is 475 g/mol. The number of carbonyl (C=O) groups is 1.